The zero-order valence-corrected chi connectivity index (χ0v) is 8.65. The van der Waals surface area contributed by atoms with Crippen molar-refractivity contribution in [2.24, 2.45) is 0 Å². The predicted octanol–water partition coefficient (Wildman–Crippen LogP) is 1.11. The maximum absolute atomic E-state index is 10.7. The van der Waals surface area contributed by atoms with Gasteiger partial charge in [0.2, 0.25) is 0 Å². The Balaban J connectivity index is 2.62. The van der Waals surface area contributed by atoms with Crippen LogP contribution in [0.1, 0.15) is 13.3 Å². The average molecular weight is 207 g/mol. The molecule has 1 aliphatic rings. The number of hydrogen-bond acceptors (Lipinski definition) is 4. The second kappa shape index (κ2) is 4.39. The molecule has 0 spiro atoms. The van der Waals surface area contributed by atoms with E-state index in [0.717, 1.165) is 6.42 Å². The van der Waals surface area contributed by atoms with Crippen LogP contribution in [-0.4, -0.2) is 39.0 Å². The minimum atomic E-state index is -0.729. The van der Waals surface area contributed by atoms with E-state index < -0.39 is 5.97 Å². The third-order valence-electron chi connectivity index (χ3n) is 2.01. The Hall–Kier alpha value is 0.130. The average Bonchev–Trinajstić information content (AvgIpc) is 2.46. The van der Waals surface area contributed by atoms with Crippen molar-refractivity contribution in [2.75, 3.05) is 11.6 Å². The molecule has 1 fully saturated rings. The lowest BCUT2D eigenvalue weighted by Crippen LogP contribution is -2.40. The first-order valence-corrected chi connectivity index (χ1v) is 5.59. The van der Waals surface area contributed by atoms with Crippen LogP contribution in [0.3, 0.4) is 0 Å². The molecule has 12 heavy (non-hydrogen) atoms. The Morgan fingerprint density at radius 1 is 1.83 bits per heavy atom. The van der Waals surface area contributed by atoms with Gasteiger partial charge in [0.05, 0.1) is 5.37 Å². The fraction of sp³-hybridized carbons (Fsp3) is 0.857. The Labute approximate surface area is 81.9 Å². The zero-order valence-electron chi connectivity index (χ0n) is 6.93. The molecule has 0 radical (unpaired) electrons. The lowest BCUT2D eigenvalue weighted by molar-refractivity contribution is -0.141. The summed E-state index contributed by atoms with van der Waals surface area (Å²) in [5.74, 6) is 0.490. The molecule has 2 unspecified atom stereocenters. The largest absolute Gasteiger partial charge is 0.480 e. The Kier molecular flexibility index (Phi) is 3.74. The van der Waals surface area contributed by atoms with Crippen molar-refractivity contribution in [3.8, 4) is 0 Å². The van der Waals surface area contributed by atoms with Crippen LogP contribution < -0.4 is 0 Å². The number of rotatable bonds is 3. The highest BCUT2D eigenvalue weighted by atomic mass is 32.2. The van der Waals surface area contributed by atoms with E-state index in [0.29, 0.717) is 17.0 Å². The maximum atomic E-state index is 10.7. The van der Waals surface area contributed by atoms with Crippen molar-refractivity contribution < 1.29 is 9.90 Å². The molecule has 1 heterocycles. The highest BCUT2D eigenvalue weighted by Gasteiger charge is 2.36. The molecular weight excluding hydrogens is 194 g/mol. The summed E-state index contributed by atoms with van der Waals surface area (Å²) in [5, 5.41) is 9.18. The molecule has 0 bridgehead atoms. The van der Waals surface area contributed by atoms with Gasteiger partial charge in [0.25, 0.3) is 0 Å². The number of carbonyl (C=O) groups is 1. The Morgan fingerprint density at radius 2 is 2.50 bits per heavy atom. The van der Waals surface area contributed by atoms with Gasteiger partial charge in [-0.25, -0.2) is 0 Å². The van der Waals surface area contributed by atoms with Gasteiger partial charge in [-0.05, 0) is 6.42 Å². The monoisotopic (exact) mass is 207 g/mol. The lowest BCUT2D eigenvalue weighted by Gasteiger charge is -2.23. The van der Waals surface area contributed by atoms with Gasteiger partial charge in [0.1, 0.15) is 6.04 Å². The van der Waals surface area contributed by atoms with E-state index in [4.69, 9.17) is 5.11 Å². The van der Waals surface area contributed by atoms with Crippen molar-refractivity contribution in [3.05, 3.63) is 0 Å². The summed E-state index contributed by atoms with van der Waals surface area (Å²) in [5.41, 5.74) is 0. The molecule has 1 rings (SSSR count). The number of carboxylic acid groups (broad SMARTS) is 1. The van der Waals surface area contributed by atoms with Crippen LogP contribution in [0.25, 0.3) is 0 Å². The second-order valence-corrected chi connectivity index (χ2v) is 4.20. The zero-order chi connectivity index (χ0) is 9.14. The molecule has 0 amide bonds. The van der Waals surface area contributed by atoms with E-state index in [1.807, 2.05) is 4.90 Å². The highest BCUT2D eigenvalue weighted by Crippen LogP contribution is 2.31. The quantitative estimate of drug-likeness (QED) is 0.680. The molecule has 2 atom stereocenters. The first-order valence-electron chi connectivity index (χ1n) is 3.91. The van der Waals surface area contributed by atoms with E-state index in [1.54, 1.807) is 11.8 Å². The van der Waals surface area contributed by atoms with Gasteiger partial charge in [-0.15, -0.1) is 11.8 Å². The van der Waals surface area contributed by atoms with Crippen LogP contribution in [0.2, 0.25) is 0 Å². The van der Waals surface area contributed by atoms with Crippen molar-refractivity contribution in [3.63, 3.8) is 0 Å². The standard InChI is InChI=1S/C7H13NO2S2/c1-2-6-8(4-11)5(3-12-6)7(9)10/h5-6,11H,2-4H2,1H3,(H,9,10). The van der Waals surface area contributed by atoms with Gasteiger partial charge in [0.15, 0.2) is 0 Å². The number of thioether (sulfide) groups is 1. The molecule has 1 N–H and O–H groups in total. The van der Waals surface area contributed by atoms with Crippen molar-refractivity contribution in [1.82, 2.24) is 4.90 Å². The lowest BCUT2D eigenvalue weighted by atomic mass is 10.3. The van der Waals surface area contributed by atoms with Gasteiger partial charge in [-0.2, -0.15) is 12.6 Å². The molecule has 0 aromatic heterocycles. The third kappa shape index (κ3) is 1.89. The molecule has 0 aromatic rings. The summed E-state index contributed by atoms with van der Waals surface area (Å²) in [6, 6.07) is -0.336. The van der Waals surface area contributed by atoms with Gasteiger partial charge >= 0.3 is 5.97 Å². The van der Waals surface area contributed by atoms with Crippen molar-refractivity contribution >= 4 is 30.4 Å². The van der Waals surface area contributed by atoms with Crippen LogP contribution in [0.15, 0.2) is 0 Å². The van der Waals surface area contributed by atoms with E-state index >= 15 is 0 Å². The van der Waals surface area contributed by atoms with E-state index in [1.165, 1.54) is 0 Å². The van der Waals surface area contributed by atoms with Crippen molar-refractivity contribution in [1.29, 1.82) is 0 Å². The van der Waals surface area contributed by atoms with Gasteiger partial charge in [-0.3, -0.25) is 9.69 Å². The fourth-order valence-corrected chi connectivity index (χ4v) is 3.24. The molecule has 3 nitrogen and oxygen atoms in total. The summed E-state index contributed by atoms with van der Waals surface area (Å²) in [7, 11) is 0. The minimum absolute atomic E-state index is 0.336. The first-order chi connectivity index (χ1) is 5.70. The maximum Gasteiger partial charge on any atom is 0.321 e. The van der Waals surface area contributed by atoms with Gasteiger partial charge < -0.3 is 5.11 Å². The van der Waals surface area contributed by atoms with E-state index in [-0.39, 0.29) is 6.04 Å². The smallest absolute Gasteiger partial charge is 0.321 e. The topological polar surface area (TPSA) is 40.5 Å². The molecule has 5 heteroatoms. The number of aliphatic carboxylic acids is 1. The predicted molar refractivity (Wildman–Crippen MR) is 53.7 cm³/mol. The molecular formula is C7H13NO2S2. The second-order valence-electron chi connectivity index (χ2n) is 2.71. The van der Waals surface area contributed by atoms with Gasteiger partial charge in [-0.1, -0.05) is 6.92 Å². The summed E-state index contributed by atoms with van der Waals surface area (Å²) in [6.45, 7) is 2.07. The van der Waals surface area contributed by atoms with Crippen LogP contribution in [0.4, 0.5) is 0 Å². The normalized spacial score (nSPS) is 30.8. The molecule has 0 aromatic carbocycles. The molecule has 1 aliphatic heterocycles. The molecule has 70 valence electrons. The summed E-state index contributed by atoms with van der Waals surface area (Å²) < 4.78 is 0. The number of thiol groups is 1. The van der Waals surface area contributed by atoms with Gasteiger partial charge in [0, 0.05) is 11.6 Å². The minimum Gasteiger partial charge on any atom is -0.480 e. The van der Waals surface area contributed by atoms with Crippen LogP contribution in [0.5, 0.6) is 0 Å². The van der Waals surface area contributed by atoms with Crippen molar-refractivity contribution in [2.45, 2.75) is 24.8 Å². The van der Waals surface area contributed by atoms with E-state index in [2.05, 4.69) is 19.6 Å². The van der Waals surface area contributed by atoms with E-state index in [9.17, 15) is 4.79 Å². The Morgan fingerprint density at radius 3 is 2.92 bits per heavy atom. The van der Waals surface area contributed by atoms with Crippen LogP contribution in [-0.2, 0) is 4.79 Å². The molecule has 0 aliphatic carbocycles. The fourth-order valence-electron chi connectivity index (χ4n) is 1.35. The number of hydrogen-bond donors (Lipinski definition) is 2. The van der Waals surface area contributed by atoms with Crippen LogP contribution >= 0.6 is 24.4 Å². The first kappa shape index (κ1) is 10.2. The summed E-state index contributed by atoms with van der Waals surface area (Å²) in [6.07, 6.45) is 0.981. The molecule has 1 saturated heterocycles. The number of nitrogens with zero attached hydrogens (tertiary/aromatic N) is 1. The summed E-state index contributed by atoms with van der Waals surface area (Å²) >= 11 is 5.84. The Bertz CT molecular complexity index is 177. The molecule has 0 saturated carbocycles. The third-order valence-corrected chi connectivity index (χ3v) is 3.84. The SMILES string of the molecule is CCC1SCC(C(=O)O)N1CS. The number of carboxylic acids is 1. The highest BCUT2D eigenvalue weighted by molar-refractivity contribution is 8.00. The summed E-state index contributed by atoms with van der Waals surface area (Å²) in [4.78, 5) is 12.7. The van der Waals surface area contributed by atoms with Crippen LogP contribution in [0, 0.1) is 0 Å².